The number of aromatic amines is 1. The number of benzene rings is 3. The third-order valence-electron chi connectivity index (χ3n) is 5.02. The van der Waals surface area contributed by atoms with E-state index in [2.05, 4.69) is 40.4 Å². The number of carbonyl (C=O) groups is 1. The maximum absolute atomic E-state index is 11.9. The number of imidazole rings is 1. The number of carbonyl (C=O) groups excluding carboxylic acids is 1. The molecule has 0 atom stereocenters. The predicted octanol–water partition coefficient (Wildman–Crippen LogP) is 6.51. The normalized spacial score (nSPS) is 10.8. The van der Waals surface area contributed by atoms with E-state index in [0.717, 1.165) is 33.4 Å². The van der Waals surface area contributed by atoms with E-state index in [1.165, 1.54) is 16.0 Å². The molecule has 0 radical (unpaired) electrons. The van der Waals surface area contributed by atoms with Gasteiger partial charge >= 0.3 is 6.09 Å². The first-order valence-electron chi connectivity index (χ1n) is 10.5. The van der Waals surface area contributed by atoms with Gasteiger partial charge < -0.3 is 14.5 Å². The smallest absolute Gasteiger partial charge is 0.411 e. The fraction of sp³-hybridized carbons (Fsp3) is 0.200. The molecule has 1 aromatic heterocycles. The summed E-state index contributed by atoms with van der Waals surface area (Å²) >= 11 is 3.36. The number of hydrogen-bond donors (Lipinski definition) is 2. The van der Waals surface area contributed by atoms with Crippen molar-refractivity contribution in [2.75, 3.05) is 24.8 Å². The van der Waals surface area contributed by atoms with E-state index in [1.54, 1.807) is 30.6 Å². The lowest BCUT2D eigenvalue weighted by Gasteiger charge is -2.11. The number of thioether (sulfide) groups is 2. The molecule has 0 bridgehead atoms. The minimum Gasteiger partial charge on any atom is -0.497 e. The van der Waals surface area contributed by atoms with E-state index in [-0.39, 0.29) is 0 Å². The number of nitrogens with zero attached hydrogens (tertiary/aromatic N) is 1. The molecule has 1 amide bonds. The molecule has 33 heavy (non-hydrogen) atoms. The van der Waals surface area contributed by atoms with Gasteiger partial charge in [-0.05, 0) is 48.4 Å². The minimum absolute atomic E-state index is 0.337. The molecule has 4 aromatic rings. The molecule has 0 unspecified atom stereocenters. The Morgan fingerprint density at radius 3 is 2.73 bits per heavy atom. The second-order valence-electron chi connectivity index (χ2n) is 7.23. The molecule has 0 spiro atoms. The summed E-state index contributed by atoms with van der Waals surface area (Å²) in [4.78, 5) is 21.1. The van der Waals surface area contributed by atoms with Gasteiger partial charge in [-0.15, -0.1) is 11.8 Å². The Balaban J connectivity index is 1.28. The lowest BCUT2D eigenvalue weighted by molar-refractivity contribution is 0.169. The molecule has 3 aromatic carbocycles. The van der Waals surface area contributed by atoms with Gasteiger partial charge in [-0.2, -0.15) is 0 Å². The van der Waals surface area contributed by atoms with Gasteiger partial charge in [0.15, 0.2) is 5.16 Å². The number of H-pyrrole nitrogens is 1. The molecular formula is C25H25N3O3S2. The number of fused-ring (bicyclic) bond motifs is 1. The number of ether oxygens (including phenoxy) is 2. The monoisotopic (exact) mass is 479 g/mol. The lowest BCUT2D eigenvalue weighted by Crippen LogP contribution is -2.15. The van der Waals surface area contributed by atoms with E-state index in [0.29, 0.717) is 12.4 Å². The Morgan fingerprint density at radius 2 is 1.91 bits per heavy atom. The molecule has 1 heterocycles. The van der Waals surface area contributed by atoms with Crippen molar-refractivity contribution in [1.29, 1.82) is 0 Å². The molecule has 4 rings (SSSR count). The maximum Gasteiger partial charge on any atom is 0.411 e. The van der Waals surface area contributed by atoms with Gasteiger partial charge in [-0.3, -0.25) is 5.32 Å². The second kappa shape index (κ2) is 11.2. The fourth-order valence-electron chi connectivity index (χ4n) is 3.24. The van der Waals surface area contributed by atoms with Gasteiger partial charge in [-0.25, -0.2) is 9.78 Å². The molecule has 170 valence electrons. The van der Waals surface area contributed by atoms with Crippen LogP contribution in [-0.4, -0.2) is 35.5 Å². The van der Waals surface area contributed by atoms with Crippen LogP contribution in [0.2, 0.25) is 0 Å². The van der Waals surface area contributed by atoms with Crippen molar-refractivity contribution >= 4 is 46.3 Å². The first-order chi connectivity index (χ1) is 16.1. The molecule has 0 saturated heterocycles. The zero-order valence-corrected chi connectivity index (χ0v) is 20.1. The van der Waals surface area contributed by atoms with Crippen molar-refractivity contribution in [2.45, 2.75) is 22.7 Å². The first-order valence-corrected chi connectivity index (χ1v) is 12.5. The van der Waals surface area contributed by atoms with Crippen LogP contribution in [0.4, 0.5) is 10.5 Å². The zero-order chi connectivity index (χ0) is 23.0. The highest BCUT2D eigenvalue weighted by Crippen LogP contribution is 2.30. The SMILES string of the molecule is COc1ccc2nc(SCc3cccc(SCCOC(=O)Nc4ccccc4)c3C)[nH]c2c1. The van der Waals surface area contributed by atoms with E-state index < -0.39 is 6.09 Å². The van der Waals surface area contributed by atoms with Crippen molar-refractivity contribution in [3.63, 3.8) is 0 Å². The van der Waals surface area contributed by atoms with Crippen LogP contribution in [0.5, 0.6) is 5.75 Å². The van der Waals surface area contributed by atoms with Crippen molar-refractivity contribution in [3.05, 3.63) is 77.9 Å². The molecule has 0 aliphatic rings. The Morgan fingerprint density at radius 1 is 1.06 bits per heavy atom. The van der Waals surface area contributed by atoms with Crippen LogP contribution in [0.25, 0.3) is 11.0 Å². The second-order valence-corrected chi connectivity index (χ2v) is 9.33. The molecular weight excluding hydrogens is 454 g/mol. The van der Waals surface area contributed by atoms with Crippen LogP contribution in [0, 0.1) is 6.92 Å². The highest BCUT2D eigenvalue weighted by molar-refractivity contribution is 7.99. The Kier molecular flexibility index (Phi) is 7.80. The maximum atomic E-state index is 11.9. The highest BCUT2D eigenvalue weighted by Gasteiger charge is 2.09. The Bertz CT molecular complexity index is 1230. The third-order valence-corrected chi connectivity index (χ3v) is 7.07. The number of amides is 1. The fourth-order valence-corrected chi connectivity index (χ4v) is 5.10. The number of para-hydroxylation sites is 1. The lowest BCUT2D eigenvalue weighted by atomic mass is 10.1. The number of methoxy groups -OCH3 is 1. The summed E-state index contributed by atoms with van der Waals surface area (Å²) in [5, 5.41) is 3.60. The average Bonchev–Trinajstić information content (AvgIpc) is 3.24. The summed E-state index contributed by atoms with van der Waals surface area (Å²) in [6.07, 6.45) is -0.438. The highest BCUT2D eigenvalue weighted by atomic mass is 32.2. The molecule has 8 heteroatoms. The zero-order valence-electron chi connectivity index (χ0n) is 18.5. The van der Waals surface area contributed by atoms with Crippen molar-refractivity contribution in [2.24, 2.45) is 0 Å². The quantitative estimate of drug-likeness (QED) is 0.210. The molecule has 0 aliphatic carbocycles. The van der Waals surface area contributed by atoms with Gasteiger partial charge in [0.1, 0.15) is 12.4 Å². The topological polar surface area (TPSA) is 76.2 Å². The number of anilines is 1. The van der Waals surface area contributed by atoms with Gasteiger partial charge in [0.05, 0.1) is 18.1 Å². The molecule has 0 fully saturated rings. The van der Waals surface area contributed by atoms with E-state index in [9.17, 15) is 4.79 Å². The number of rotatable bonds is 9. The molecule has 0 aliphatic heterocycles. The van der Waals surface area contributed by atoms with Crippen LogP contribution in [0.15, 0.2) is 76.8 Å². The van der Waals surface area contributed by atoms with E-state index in [1.807, 2.05) is 48.5 Å². The molecule has 2 N–H and O–H groups in total. The first kappa shape index (κ1) is 23.1. The number of nitrogens with one attached hydrogen (secondary N) is 2. The summed E-state index contributed by atoms with van der Waals surface area (Å²) < 4.78 is 10.6. The van der Waals surface area contributed by atoms with E-state index >= 15 is 0 Å². The van der Waals surface area contributed by atoms with Gasteiger partial charge in [0, 0.05) is 28.2 Å². The van der Waals surface area contributed by atoms with Crippen molar-refractivity contribution in [1.82, 2.24) is 9.97 Å². The standard InChI is InChI=1S/C25H25N3O3S2/c1-17-18(16-33-24-27-21-12-11-20(30-2)15-22(21)28-24)7-6-10-23(17)32-14-13-31-25(29)26-19-8-4-3-5-9-19/h3-12,15H,13-14,16H2,1-2H3,(H,26,29)(H,27,28). The molecule has 0 saturated carbocycles. The number of aromatic nitrogens is 2. The summed E-state index contributed by atoms with van der Waals surface area (Å²) in [5.74, 6) is 2.31. The average molecular weight is 480 g/mol. The summed E-state index contributed by atoms with van der Waals surface area (Å²) in [6, 6.07) is 21.4. The van der Waals surface area contributed by atoms with Gasteiger partial charge in [0.25, 0.3) is 0 Å². The largest absolute Gasteiger partial charge is 0.497 e. The van der Waals surface area contributed by atoms with Gasteiger partial charge in [0.2, 0.25) is 0 Å². The van der Waals surface area contributed by atoms with Crippen molar-refractivity contribution < 1.29 is 14.3 Å². The van der Waals surface area contributed by atoms with Crippen LogP contribution in [-0.2, 0) is 10.5 Å². The van der Waals surface area contributed by atoms with Crippen LogP contribution >= 0.6 is 23.5 Å². The van der Waals surface area contributed by atoms with Crippen LogP contribution in [0.1, 0.15) is 11.1 Å². The summed E-state index contributed by atoms with van der Waals surface area (Å²) in [5.41, 5.74) is 5.11. The van der Waals surface area contributed by atoms with Crippen LogP contribution < -0.4 is 10.1 Å². The summed E-state index contributed by atoms with van der Waals surface area (Å²) in [6.45, 7) is 2.47. The Labute approximate surface area is 201 Å². The van der Waals surface area contributed by atoms with E-state index in [4.69, 9.17) is 9.47 Å². The Hall–Kier alpha value is -3.10. The van der Waals surface area contributed by atoms with Crippen molar-refractivity contribution in [3.8, 4) is 5.75 Å². The predicted molar refractivity (Wildman–Crippen MR) is 136 cm³/mol. The summed E-state index contributed by atoms with van der Waals surface area (Å²) in [7, 11) is 1.66. The minimum atomic E-state index is -0.438. The number of hydrogen-bond acceptors (Lipinski definition) is 6. The third kappa shape index (κ3) is 6.24. The van der Waals surface area contributed by atoms with Gasteiger partial charge in [-0.1, -0.05) is 42.1 Å². The molecule has 6 nitrogen and oxygen atoms in total. The van der Waals surface area contributed by atoms with Crippen LogP contribution in [0.3, 0.4) is 0 Å².